The summed E-state index contributed by atoms with van der Waals surface area (Å²) in [5.41, 5.74) is 8.61. The number of benzene rings is 1. The van der Waals surface area contributed by atoms with Gasteiger partial charge in [0, 0.05) is 12.3 Å². The van der Waals surface area contributed by atoms with E-state index in [-0.39, 0.29) is 0 Å². The second-order valence-electron chi connectivity index (χ2n) is 4.11. The van der Waals surface area contributed by atoms with Crippen molar-refractivity contribution in [1.29, 1.82) is 0 Å². The minimum Gasteiger partial charge on any atom is -0.497 e. The summed E-state index contributed by atoms with van der Waals surface area (Å²) in [4.78, 5) is 12.4. The van der Waals surface area contributed by atoms with Crippen LogP contribution < -0.4 is 10.5 Å². The zero-order valence-corrected chi connectivity index (χ0v) is 10.4. The van der Waals surface area contributed by atoms with Gasteiger partial charge in [0.05, 0.1) is 30.4 Å². The lowest BCUT2D eigenvalue weighted by molar-refractivity contribution is 0.415. The number of rotatable bonds is 3. The molecule has 0 unspecified atom stereocenters. The minimum absolute atomic E-state index is 0.460. The summed E-state index contributed by atoms with van der Waals surface area (Å²) in [7, 11) is 1.63. The molecule has 0 saturated carbocycles. The van der Waals surface area contributed by atoms with Crippen LogP contribution in [0.3, 0.4) is 0 Å². The number of hydrogen-bond donors (Lipinski definition) is 1. The van der Waals surface area contributed by atoms with Gasteiger partial charge >= 0.3 is 0 Å². The molecular formula is C13H13N5O. The SMILES string of the molecule is COc1ccc2nc(N)n(Cc3ccncn3)c2c1. The van der Waals surface area contributed by atoms with Gasteiger partial charge in [0.15, 0.2) is 0 Å². The number of anilines is 1. The molecule has 2 N–H and O–H groups in total. The molecule has 0 radical (unpaired) electrons. The van der Waals surface area contributed by atoms with Crippen molar-refractivity contribution in [2.45, 2.75) is 6.54 Å². The number of methoxy groups -OCH3 is 1. The first-order chi connectivity index (χ1) is 9.28. The highest BCUT2D eigenvalue weighted by molar-refractivity contribution is 5.80. The maximum absolute atomic E-state index is 5.96. The second kappa shape index (κ2) is 4.56. The molecule has 3 rings (SSSR count). The van der Waals surface area contributed by atoms with Gasteiger partial charge in [0.1, 0.15) is 12.1 Å². The number of nitrogens with two attached hydrogens (primary N) is 1. The summed E-state index contributed by atoms with van der Waals surface area (Å²) < 4.78 is 7.13. The van der Waals surface area contributed by atoms with Crippen LogP contribution in [0.2, 0.25) is 0 Å². The Morgan fingerprint density at radius 1 is 1.32 bits per heavy atom. The summed E-state index contributed by atoms with van der Waals surface area (Å²) >= 11 is 0. The van der Waals surface area contributed by atoms with Crippen LogP contribution in [0.4, 0.5) is 5.95 Å². The summed E-state index contributed by atoms with van der Waals surface area (Å²) in [6.45, 7) is 0.554. The number of nitrogen functional groups attached to an aromatic ring is 1. The van der Waals surface area contributed by atoms with Gasteiger partial charge in [-0.3, -0.25) is 0 Å². The van der Waals surface area contributed by atoms with Crippen LogP contribution in [0.1, 0.15) is 5.69 Å². The summed E-state index contributed by atoms with van der Waals surface area (Å²) in [6, 6.07) is 7.52. The Morgan fingerprint density at radius 2 is 2.21 bits per heavy atom. The van der Waals surface area contributed by atoms with Crippen molar-refractivity contribution in [3.8, 4) is 5.75 Å². The lowest BCUT2D eigenvalue weighted by atomic mass is 10.3. The zero-order valence-electron chi connectivity index (χ0n) is 10.4. The van der Waals surface area contributed by atoms with E-state index < -0.39 is 0 Å². The molecule has 0 saturated heterocycles. The topological polar surface area (TPSA) is 78.9 Å². The third kappa shape index (κ3) is 2.08. The van der Waals surface area contributed by atoms with E-state index in [1.54, 1.807) is 13.3 Å². The lowest BCUT2D eigenvalue weighted by Gasteiger charge is -2.06. The Labute approximate surface area is 109 Å². The Hall–Kier alpha value is -2.63. The Morgan fingerprint density at radius 3 is 2.95 bits per heavy atom. The van der Waals surface area contributed by atoms with Crippen molar-refractivity contribution in [2.24, 2.45) is 0 Å². The van der Waals surface area contributed by atoms with E-state index in [4.69, 9.17) is 10.5 Å². The van der Waals surface area contributed by atoms with E-state index in [1.165, 1.54) is 6.33 Å². The van der Waals surface area contributed by atoms with Gasteiger partial charge in [0.25, 0.3) is 0 Å². The van der Waals surface area contributed by atoms with Crippen LogP contribution in [0, 0.1) is 0 Å². The fourth-order valence-electron chi connectivity index (χ4n) is 1.99. The molecule has 0 fully saturated rings. The van der Waals surface area contributed by atoms with Gasteiger partial charge < -0.3 is 15.0 Å². The van der Waals surface area contributed by atoms with Gasteiger partial charge in [-0.05, 0) is 18.2 Å². The van der Waals surface area contributed by atoms with Crippen LogP contribution in [0.5, 0.6) is 5.75 Å². The molecule has 3 aromatic rings. The standard InChI is InChI=1S/C13H13N5O/c1-19-10-2-3-11-12(6-10)18(13(14)17-11)7-9-4-5-15-8-16-9/h2-6,8H,7H2,1H3,(H2,14,17). The Kier molecular flexibility index (Phi) is 2.75. The number of hydrogen-bond acceptors (Lipinski definition) is 5. The molecule has 1 aromatic carbocycles. The molecular weight excluding hydrogens is 242 g/mol. The molecule has 0 aliphatic rings. The molecule has 2 heterocycles. The average Bonchev–Trinajstić information content (AvgIpc) is 2.76. The fraction of sp³-hybridized carbons (Fsp3) is 0.154. The van der Waals surface area contributed by atoms with E-state index in [0.29, 0.717) is 12.5 Å². The monoisotopic (exact) mass is 255 g/mol. The first kappa shape index (κ1) is 11.5. The number of aromatic nitrogens is 4. The highest BCUT2D eigenvalue weighted by atomic mass is 16.5. The van der Waals surface area contributed by atoms with Gasteiger partial charge in [-0.2, -0.15) is 0 Å². The smallest absolute Gasteiger partial charge is 0.201 e. The van der Waals surface area contributed by atoms with E-state index in [9.17, 15) is 0 Å². The van der Waals surface area contributed by atoms with Crippen molar-refractivity contribution in [1.82, 2.24) is 19.5 Å². The third-order valence-corrected chi connectivity index (χ3v) is 2.95. The van der Waals surface area contributed by atoms with Crippen LogP contribution >= 0.6 is 0 Å². The molecule has 96 valence electrons. The number of imidazole rings is 1. The maximum Gasteiger partial charge on any atom is 0.201 e. The van der Waals surface area contributed by atoms with Gasteiger partial charge in [-0.25, -0.2) is 15.0 Å². The number of ether oxygens (including phenoxy) is 1. The molecule has 0 atom stereocenters. The van der Waals surface area contributed by atoms with E-state index in [1.807, 2.05) is 28.8 Å². The summed E-state index contributed by atoms with van der Waals surface area (Å²) in [5, 5.41) is 0. The predicted molar refractivity (Wildman–Crippen MR) is 71.8 cm³/mol. The predicted octanol–water partition coefficient (Wildman–Crippen LogP) is 1.47. The van der Waals surface area contributed by atoms with Crippen LogP contribution in [-0.2, 0) is 6.54 Å². The van der Waals surface area contributed by atoms with Crippen molar-refractivity contribution >= 4 is 17.0 Å². The Balaban J connectivity index is 2.09. The second-order valence-corrected chi connectivity index (χ2v) is 4.11. The van der Waals surface area contributed by atoms with Crippen molar-refractivity contribution in [3.63, 3.8) is 0 Å². The van der Waals surface area contributed by atoms with Crippen molar-refractivity contribution < 1.29 is 4.74 Å². The molecule has 2 aromatic heterocycles. The molecule has 0 aliphatic carbocycles. The highest BCUT2D eigenvalue weighted by Gasteiger charge is 2.10. The van der Waals surface area contributed by atoms with Crippen LogP contribution in [0.25, 0.3) is 11.0 Å². The number of nitrogens with zero attached hydrogens (tertiary/aromatic N) is 4. The molecule has 19 heavy (non-hydrogen) atoms. The van der Waals surface area contributed by atoms with E-state index >= 15 is 0 Å². The van der Waals surface area contributed by atoms with Crippen LogP contribution in [0.15, 0.2) is 36.8 Å². The van der Waals surface area contributed by atoms with Crippen molar-refractivity contribution in [3.05, 3.63) is 42.5 Å². The van der Waals surface area contributed by atoms with Gasteiger partial charge in [-0.15, -0.1) is 0 Å². The summed E-state index contributed by atoms with van der Waals surface area (Å²) in [5.74, 6) is 1.23. The van der Waals surface area contributed by atoms with E-state index in [2.05, 4.69) is 15.0 Å². The largest absolute Gasteiger partial charge is 0.497 e. The average molecular weight is 255 g/mol. The minimum atomic E-state index is 0.460. The molecule has 0 bridgehead atoms. The quantitative estimate of drug-likeness (QED) is 0.766. The van der Waals surface area contributed by atoms with Gasteiger partial charge in [0.2, 0.25) is 5.95 Å². The normalized spacial score (nSPS) is 10.8. The fourth-order valence-corrected chi connectivity index (χ4v) is 1.99. The molecule has 6 nitrogen and oxygen atoms in total. The Bertz CT molecular complexity index is 708. The first-order valence-electron chi connectivity index (χ1n) is 5.82. The third-order valence-electron chi connectivity index (χ3n) is 2.95. The van der Waals surface area contributed by atoms with Gasteiger partial charge in [-0.1, -0.05) is 0 Å². The molecule has 0 amide bonds. The van der Waals surface area contributed by atoms with Crippen molar-refractivity contribution in [2.75, 3.05) is 12.8 Å². The molecule has 0 spiro atoms. The number of fused-ring (bicyclic) bond motifs is 1. The van der Waals surface area contributed by atoms with E-state index in [0.717, 1.165) is 22.5 Å². The molecule has 6 heteroatoms. The lowest BCUT2D eigenvalue weighted by Crippen LogP contribution is -2.06. The highest BCUT2D eigenvalue weighted by Crippen LogP contribution is 2.23. The first-order valence-corrected chi connectivity index (χ1v) is 5.82. The summed E-state index contributed by atoms with van der Waals surface area (Å²) in [6.07, 6.45) is 3.23. The van der Waals surface area contributed by atoms with Crippen LogP contribution in [-0.4, -0.2) is 26.6 Å². The maximum atomic E-state index is 5.96. The molecule has 0 aliphatic heterocycles. The zero-order chi connectivity index (χ0) is 13.2.